The monoisotopic (exact) mass is 278 g/mol. The summed E-state index contributed by atoms with van der Waals surface area (Å²) in [5, 5.41) is 3.28. The lowest BCUT2D eigenvalue weighted by atomic mass is 10.2. The molecule has 0 radical (unpaired) electrons. The second-order valence-electron chi connectivity index (χ2n) is 3.48. The van der Waals surface area contributed by atoms with Crippen LogP contribution in [-0.2, 0) is 6.54 Å². The van der Waals surface area contributed by atoms with Gasteiger partial charge in [-0.1, -0.05) is 28.1 Å². The van der Waals surface area contributed by atoms with Crippen LogP contribution in [0.3, 0.4) is 0 Å². The topological polar surface area (TPSA) is 52.2 Å². The molecule has 0 amide bonds. The molecule has 3 nitrogen and oxygen atoms in total. The van der Waals surface area contributed by atoms with E-state index < -0.39 is 0 Å². The van der Waals surface area contributed by atoms with E-state index in [1.165, 1.54) is 5.56 Å². The van der Waals surface area contributed by atoms with Gasteiger partial charge in [0.25, 0.3) is 5.82 Å². The van der Waals surface area contributed by atoms with Gasteiger partial charge < -0.3 is 5.32 Å². The Balaban J connectivity index is 2.05. The highest BCUT2D eigenvalue weighted by molar-refractivity contribution is 9.10. The molecule has 0 unspecified atom stereocenters. The minimum Gasteiger partial charge on any atom is -0.374 e. The Morgan fingerprint density at radius 2 is 2.12 bits per heavy atom. The van der Waals surface area contributed by atoms with E-state index >= 15 is 0 Å². The first-order valence-electron chi connectivity index (χ1n) is 5.00. The Labute approximate surface area is 103 Å². The van der Waals surface area contributed by atoms with E-state index in [1.807, 2.05) is 24.3 Å². The number of anilines is 2. The summed E-state index contributed by atoms with van der Waals surface area (Å²) < 4.78 is 1.08. The molecule has 16 heavy (non-hydrogen) atoms. The average molecular weight is 279 g/mol. The van der Waals surface area contributed by atoms with Gasteiger partial charge in [0.15, 0.2) is 0 Å². The zero-order chi connectivity index (χ0) is 11.4. The molecule has 2 aromatic rings. The van der Waals surface area contributed by atoms with Crippen molar-refractivity contribution in [1.82, 2.24) is 0 Å². The number of rotatable bonds is 3. The summed E-state index contributed by atoms with van der Waals surface area (Å²) in [6, 6.07) is 12.0. The van der Waals surface area contributed by atoms with Gasteiger partial charge in [-0.15, -0.1) is 0 Å². The molecule has 0 bridgehead atoms. The summed E-state index contributed by atoms with van der Waals surface area (Å²) >= 11 is 3.44. The predicted molar refractivity (Wildman–Crippen MR) is 68.9 cm³/mol. The molecule has 0 spiro atoms. The molecule has 1 aromatic heterocycles. The number of pyridine rings is 1. The molecule has 0 saturated carbocycles. The molecule has 0 fully saturated rings. The normalized spacial score (nSPS) is 10.1. The van der Waals surface area contributed by atoms with Gasteiger partial charge in [-0.25, -0.2) is 4.98 Å². The van der Waals surface area contributed by atoms with Gasteiger partial charge in [-0.2, -0.15) is 0 Å². The van der Waals surface area contributed by atoms with Crippen LogP contribution in [0.4, 0.5) is 11.5 Å². The van der Waals surface area contributed by atoms with Crippen molar-refractivity contribution in [2.24, 2.45) is 0 Å². The van der Waals surface area contributed by atoms with E-state index in [0.29, 0.717) is 5.82 Å². The average Bonchev–Trinajstić information content (AvgIpc) is 2.28. The van der Waals surface area contributed by atoms with Gasteiger partial charge in [0, 0.05) is 11.0 Å². The fourth-order valence-electron chi connectivity index (χ4n) is 1.45. The van der Waals surface area contributed by atoms with Crippen LogP contribution in [0.2, 0.25) is 0 Å². The van der Waals surface area contributed by atoms with Crippen molar-refractivity contribution in [3.63, 3.8) is 0 Å². The number of aromatic amines is 1. The molecule has 0 aliphatic rings. The van der Waals surface area contributed by atoms with Gasteiger partial charge in [-0.3, -0.25) is 5.73 Å². The van der Waals surface area contributed by atoms with Crippen LogP contribution >= 0.6 is 15.9 Å². The molecule has 1 heterocycles. The van der Waals surface area contributed by atoms with Crippen LogP contribution in [0.25, 0.3) is 0 Å². The summed E-state index contributed by atoms with van der Waals surface area (Å²) in [4.78, 5) is 2.95. The lowest BCUT2D eigenvalue weighted by Gasteiger charge is -2.06. The van der Waals surface area contributed by atoms with Crippen LogP contribution in [0.1, 0.15) is 5.56 Å². The first kappa shape index (κ1) is 11.0. The van der Waals surface area contributed by atoms with Gasteiger partial charge in [-0.05, 0) is 29.8 Å². The second kappa shape index (κ2) is 4.99. The number of halogens is 1. The van der Waals surface area contributed by atoms with E-state index in [4.69, 9.17) is 5.73 Å². The molecule has 1 aromatic carbocycles. The molecule has 82 valence electrons. The SMILES string of the molecule is Nc1[nH+]cccc1NCc1cccc(Br)c1. The van der Waals surface area contributed by atoms with Gasteiger partial charge in [0.1, 0.15) is 5.69 Å². The first-order valence-corrected chi connectivity index (χ1v) is 5.79. The molecule has 0 atom stereocenters. The van der Waals surface area contributed by atoms with Crippen molar-refractivity contribution in [2.45, 2.75) is 6.54 Å². The van der Waals surface area contributed by atoms with Crippen molar-refractivity contribution >= 4 is 27.4 Å². The minimum absolute atomic E-state index is 0.650. The van der Waals surface area contributed by atoms with Crippen LogP contribution in [0.15, 0.2) is 47.1 Å². The molecule has 0 aliphatic heterocycles. The maximum Gasteiger partial charge on any atom is 0.293 e. The molecule has 4 heteroatoms. The summed E-state index contributed by atoms with van der Waals surface area (Å²) in [5.74, 6) is 0.650. The number of nitrogen functional groups attached to an aromatic ring is 1. The molecule has 0 saturated heterocycles. The number of nitrogens with two attached hydrogens (primary N) is 1. The highest BCUT2D eigenvalue weighted by atomic mass is 79.9. The van der Waals surface area contributed by atoms with Gasteiger partial charge in [0.05, 0.1) is 6.20 Å². The van der Waals surface area contributed by atoms with E-state index in [1.54, 1.807) is 6.20 Å². The van der Waals surface area contributed by atoms with Crippen LogP contribution in [0.5, 0.6) is 0 Å². The van der Waals surface area contributed by atoms with Crippen LogP contribution in [0, 0.1) is 0 Å². The van der Waals surface area contributed by atoms with Gasteiger partial charge in [0.2, 0.25) is 0 Å². The van der Waals surface area contributed by atoms with Crippen molar-refractivity contribution in [3.8, 4) is 0 Å². The number of nitrogens with one attached hydrogen (secondary N) is 2. The van der Waals surface area contributed by atoms with E-state index in [9.17, 15) is 0 Å². The Morgan fingerprint density at radius 1 is 1.25 bits per heavy atom. The third kappa shape index (κ3) is 2.73. The molecule has 0 aliphatic carbocycles. The predicted octanol–water partition coefficient (Wildman–Crippen LogP) is 2.46. The minimum atomic E-state index is 0.650. The summed E-state index contributed by atoms with van der Waals surface area (Å²) in [6.07, 6.45) is 1.81. The van der Waals surface area contributed by atoms with Gasteiger partial charge >= 0.3 is 0 Å². The number of H-pyrrole nitrogens is 1. The Bertz CT molecular complexity index is 485. The standard InChI is InChI=1S/C12H12BrN3/c13-10-4-1-3-9(7-10)8-16-11-5-2-6-15-12(11)14/h1-7,16H,8H2,(H2,14,15)/p+1. The lowest BCUT2D eigenvalue weighted by Crippen LogP contribution is -2.13. The number of hydrogen-bond donors (Lipinski definition) is 2. The summed E-state index contributed by atoms with van der Waals surface area (Å²) in [6.45, 7) is 0.751. The summed E-state index contributed by atoms with van der Waals surface area (Å²) in [7, 11) is 0. The quantitative estimate of drug-likeness (QED) is 0.906. The smallest absolute Gasteiger partial charge is 0.293 e. The molecule has 2 rings (SSSR count). The van der Waals surface area contributed by atoms with E-state index in [2.05, 4.69) is 38.4 Å². The zero-order valence-corrected chi connectivity index (χ0v) is 10.3. The number of aromatic nitrogens is 1. The third-order valence-corrected chi connectivity index (χ3v) is 2.75. The largest absolute Gasteiger partial charge is 0.374 e. The molecular weight excluding hydrogens is 266 g/mol. The maximum absolute atomic E-state index is 5.79. The fraction of sp³-hybridized carbons (Fsp3) is 0.0833. The fourth-order valence-corrected chi connectivity index (χ4v) is 1.89. The maximum atomic E-state index is 5.79. The third-order valence-electron chi connectivity index (χ3n) is 2.26. The molecular formula is C12H13BrN3+. The van der Waals surface area contributed by atoms with Crippen molar-refractivity contribution < 1.29 is 4.98 Å². The van der Waals surface area contributed by atoms with Crippen LogP contribution < -0.4 is 16.0 Å². The van der Waals surface area contributed by atoms with Crippen molar-refractivity contribution in [1.29, 1.82) is 0 Å². The number of benzene rings is 1. The Hall–Kier alpha value is -1.55. The van der Waals surface area contributed by atoms with Crippen molar-refractivity contribution in [2.75, 3.05) is 11.1 Å². The van der Waals surface area contributed by atoms with Crippen molar-refractivity contribution in [3.05, 3.63) is 52.6 Å². The van der Waals surface area contributed by atoms with E-state index in [-0.39, 0.29) is 0 Å². The second-order valence-corrected chi connectivity index (χ2v) is 4.40. The highest BCUT2D eigenvalue weighted by Crippen LogP contribution is 2.15. The first-order chi connectivity index (χ1) is 7.75. The Morgan fingerprint density at radius 3 is 2.88 bits per heavy atom. The molecule has 4 N–H and O–H groups in total. The Kier molecular flexibility index (Phi) is 3.41. The lowest BCUT2D eigenvalue weighted by molar-refractivity contribution is -0.359. The number of hydrogen-bond acceptors (Lipinski definition) is 2. The summed E-state index contributed by atoms with van der Waals surface area (Å²) in [5.41, 5.74) is 7.91. The highest BCUT2D eigenvalue weighted by Gasteiger charge is 2.02. The zero-order valence-electron chi connectivity index (χ0n) is 8.70. The van der Waals surface area contributed by atoms with E-state index in [0.717, 1.165) is 16.7 Å². The van der Waals surface area contributed by atoms with Crippen LogP contribution in [-0.4, -0.2) is 0 Å².